The Morgan fingerprint density at radius 3 is 2.42 bits per heavy atom. The van der Waals surface area contributed by atoms with E-state index in [0.717, 1.165) is 12.8 Å². The van der Waals surface area contributed by atoms with Gasteiger partial charge in [0.15, 0.2) is 5.69 Å². The maximum absolute atomic E-state index is 12.4. The van der Waals surface area contributed by atoms with Crippen molar-refractivity contribution >= 4 is 11.9 Å². The minimum absolute atomic E-state index is 0.0327. The lowest BCUT2D eigenvalue weighted by molar-refractivity contribution is 0.0653. The van der Waals surface area contributed by atoms with Gasteiger partial charge in [-0.25, -0.2) is 9.78 Å². The van der Waals surface area contributed by atoms with Gasteiger partial charge in [-0.15, -0.1) is 0 Å². The lowest BCUT2D eigenvalue weighted by atomic mass is 9.96. The van der Waals surface area contributed by atoms with Gasteiger partial charge in [0.25, 0.3) is 5.91 Å². The number of amides is 3. The molecule has 0 spiro atoms. The van der Waals surface area contributed by atoms with Crippen molar-refractivity contribution in [1.29, 1.82) is 0 Å². The van der Waals surface area contributed by atoms with Crippen molar-refractivity contribution in [1.82, 2.24) is 20.1 Å². The molecule has 3 amide bonds. The quantitative estimate of drug-likeness (QED) is 0.861. The monoisotopic (exact) mass is 332 g/mol. The normalized spacial score (nSPS) is 19.2. The number of carbonyl (C=O) groups excluding carboxylic acids is 2. The van der Waals surface area contributed by atoms with Gasteiger partial charge in [-0.1, -0.05) is 19.3 Å². The number of urea groups is 1. The van der Waals surface area contributed by atoms with Crippen LogP contribution >= 0.6 is 0 Å². The number of aromatic nitrogens is 1. The first kappa shape index (κ1) is 16.5. The number of hydrogen-bond donors (Lipinski definition) is 2. The molecule has 0 radical (unpaired) electrons. The molecule has 3 rings (SSSR count). The van der Waals surface area contributed by atoms with Crippen LogP contribution < -0.4 is 5.32 Å². The Kier molecular flexibility index (Phi) is 5.17. The van der Waals surface area contributed by atoms with E-state index < -0.39 is 0 Å². The highest BCUT2D eigenvalue weighted by molar-refractivity contribution is 5.95. The van der Waals surface area contributed by atoms with Crippen LogP contribution in [0.1, 0.15) is 42.6 Å². The molecule has 2 heterocycles. The minimum atomic E-state index is -0.291. The number of hydrogen-bond acceptors (Lipinski definition) is 4. The summed E-state index contributed by atoms with van der Waals surface area (Å²) >= 11 is 0. The maximum atomic E-state index is 12.4. The van der Waals surface area contributed by atoms with Crippen molar-refractivity contribution in [2.45, 2.75) is 38.1 Å². The predicted molar refractivity (Wildman–Crippen MR) is 88.8 cm³/mol. The van der Waals surface area contributed by atoms with Gasteiger partial charge in [0, 0.05) is 38.4 Å². The zero-order chi connectivity index (χ0) is 16.9. The Morgan fingerprint density at radius 1 is 1.08 bits per heavy atom. The molecule has 0 unspecified atom stereocenters. The zero-order valence-corrected chi connectivity index (χ0v) is 13.8. The lowest BCUT2D eigenvalue weighted by Gasteiger charge is -2.35. The Bertz CT molecular complexity index is 593. The van der Waals surface area contributed by atoms with E-state index in [9.17, 15) is 14.7 Å². The number of piperazine rings is 1. The number of pyridine rings is 1. The molecule has 7 heteroatoms. The molecule has 1 aliphatic carbocycles. The third-order valence-corrected chi connectivity index (χ3v) is 4.78. The van der Waals surface area contributed by atoms with Gasteiger partial charge < -0.3 is 20.2 Å². The van der Waals surface area contributed by atoms with E-state index in [-0.39, 0.29) is 29.4 Å². The van der Waals surface area contributed by atoms with Crippen molar-refractivity contribution in [3.8, 4) is 5.75 Å². The third-order valence-electron chi connectivity index (χ3n) is 4.78. The van der Waals surface area contributed by atoms with Crippen LogP contribution in [0.2, 0.25) is 0 Å². The Balaban J connectivity index is 1.51. The summed E-state index contributed by atoms with van der Waals surface area (Å²) in [5, 5.41) is 12.9. The molecule has 2 aliphatic rings. The third kappa shape index (κ3) is 3.77. The SMILES string of the molecule is O=C(NC1CCCCC1)N1CCN(C(=O)c2ncccc2O)CC1. The highest BCUT2D eigenvalue weighted by Gasteiger charge is 2.27. The molecule has 1 aliphatic heterocycles. The average molecular weight is 332 g/mol. The Labute approximate surface area is 141 Å². The number of rotatable bonds is 2. The van der Waals surface area contributed by atoms with E-state index in [1.807, 2.05) is 0 Å². The van der Waals surface area contributed by atoms with E-state index >= 15 is 0 Å². The number of carbonyl (C=O) groups is 2. The summed E-state index contributed by atoms with van der Waals surface area (Å²) in [4.78, 5) is 32.1. The molecule has 24 heavy (non-hydrogen) atoms. The summed E-state index contributed by atoms with van der Waals surface area (Å²) in [7, 11) is 0. The van der Waals surface area contributed by atoms with Crippen LogP contribution in [0.4, 0.5) is 4.79 Å². The van der Waals surface area contributed by atoms with E-state index in [4.69, 9.17) is 0 Å². The van der Waals surface area contributed by atoms with Crippen LogP contribution in [-0.4, -0.2) is 64.0 Å². The topological polar surface area (TPSA) is 85.8 Å². The molecule has 1 aromatic rings. The van der Waals surface area contributed by atoms with E-state index in [1.54, 1.807) is 15.9 Å². The summed E-state index contributed by atoms with van der Waals surface area (Å²) in [5.74, 6) is -0.402. The van der Waals surface area contributed by atoms with Crippen molar-refractivity contribution in [2.75, 3.05) is 26.2 Å². The highest BCUT2D eigenvalue weighted by Crippen LogP contribution is 2.18. The van der Waals surface area contributed by atoms with Gasteiger partial charge in [-0.3, -0.25) is 4.79 Å². The fraction of sp³-hybridized carbons (Fsp3) is 0.588. The first-order chi connectivity index (χ1) is 11.6. The Hall–Kier alpha value is -2.31. The molecule has 1 saturated heterocycles. The molecule has 2 fully saturated rings. The molecule has 2 N–H and O–H groups in total. The van der Waals surface area contributed by atoms with Crippen molar-refractivity contribution < 1.29 is 14.7 Å². The maximum Gasteiger partial charge on any atom is 0.317 e. The van der Waals surface area contributed by atoms with Crippen LogP contribution in [-0.2, 0) is 0 Å². The van der Waals surface area contributed by atoms with Crippen molar-refractivity contribution in [3.63, 3.8) is 0 Å². The van der Waals surface area contributed by atoms with Gasteiger partial charge in [-0.05, 0) is 25.0 Å². The van der Waals surface area contributed by atoms with Gasteiger partial charge in [0.1, 0.15) is 5.75 Å². The molecule has 0 atom stereocenters. The molecule has 1 aromatic heterocycles. The summed E-state index contributed by atoms with van der Waals surface area (Å²) < 4.78 is 0. The molecular weight excluding hydrogens is 308 g/mol. The first-order valence-electron chi connectivity index (χ1n) is 8.64. The van der Waals surface area contributed by atoms with Crippen LogP contribution in [0.5, 0.6) is 5.75 Å². The summed E-state index contributed by atoms with van der Waals surface area (Å²) in [6, 6.07) is 3.29. The molecule has 0 bridgehead atoms. The summed E-state index contributed by atoms with van der Waals surface area (Å²) in [6.07, 6.45) is 7.22. The average Bonchev–Trinajstić information content (AvgIpc) is 2.62. The standard InChI is InChI=1S/C17H24N4O3/c22-14-7-4-8-18-15(14)16(23)20-9-11-21(12-10-20)17(24)19-13-5-2-1-3-6-13/h4,7-8,13,22H,1-3,5-6,9-12H2,(H,19,24). The second kappa shape index (κ2) is 7.51. The number of aromatic hydroxyl groups is 1. The second-order valence-corrected chi connectivity index (χ2v) is 6.43. The number of nitrogens with zero attached hydrogens (tertiary/aromatic N) is 3. The second-order valence-electron chi connectivity index (χ2n) is 6.43. The summed E-state index contributed by atoms with van der Waals surface area (Å²) in [6.45, 7) is 1.90. The van der Waals surface area contributed by atoms with Crippen LogP contribution in [0, 0.1) is 0 Å². The smallest absolute Gasteiger partial charge is 0.317 e. The zero-order valence-electron chi connectivity index (χ0n) is 13.8. The number of nitrogens with one attached hydrogen (secondary N) is 1. The van der Waals surface area contributed by atoms with Gasteiger partial charge >= 0.3 is 6.03 Å². The van der Waals surface area contributed by atoms with Crippen LogP contribution in [0.15, 0.2) is 18.3 Å². The van der Waals surface area contributed by atoms with E-state index in [0.29, 0.717) is 26.2 Å². The minimum Gasteiger partial charge on any atom is -0.505 e. The van der Waals surface area contributed by atoms with E-state index in [2.05, 4.69) is 10.3 Å². The fourth-order valence-electron chi connectivity index (χ4n) is 3.34. The fourth-order valence-corrected chi connectivity index (χ4v) is 3.34. The molecule has 1 saturated carbocycles. The van der Waals surface area contributed by atoms with Gasteiger partial charge in [-0.2, -0.15) is 0 Å². The van der Waals surface area contributed by atoms with Crippen molar-refractivity contribution in [2.24, 2.45) is 0 Å². The predicted octanol–water partition coefficient (Wildman–Crippen LogP) is 1.59. The lowest BCUT2D eigenvalue weighted by Crippen LogP contribution is -2.54. The van der Waals surface area contributed by atoms with Crippen LogP contribution in [0.3, 0.4) is 0 Å². The largest absolute Gasteiger partial charge is 0.505 e. The highest BCUT2D eigenvalue weighted by atomic mass is 16.3. The molecular formula is C17H24N4O3. The molecule has 0 aromatic carbocycles. The summed E-state index contributed by atoms with van der Waals surface area (Å²) in [5.41, 5.74) is 0.0672. The van der Waals surface area contributed by atoms with E-state index in [1.165, 1.54) is 31.5 Å². The van der Waals surface area contributed by atoms with Crippen LogP contribution in [0.25, 0.3) is 0 Å². The first-order valence-corrected chi connectivity index (χ1v) is 8.64. The molecule has 7 nitrogen and oxygen atoms in total. The Morgan fingerprint density at radius 2 is 1.75 bits per heavy atom. The van der Waals surface area contributed by atoms with Gasteiger partial charge in [0.05, 0.1) is 0 Å². The van der Waals surface area contributed by atoms with Gasteiger partial charge in [0.2, 0.25) is 0 Å². The van der Waals surface area contributed by atoms with Crippen molar-refractivity contribution in [3.05, 3.63) is 24.0 Å². The molecule has 130 valence electrons.